The molecule has 0 bridgehead atoms. The van der Waals surface area contributed by atoms with Crippen LogP contribution >= 0.6 is 0 Å². The molecule has 0 fully saturated rings. The number of nitrogens with two attached hydrogens (primary N) is 1. The number of ether oxygens (including phenoxy) is 1. The summed E-state index contributed by atoms with van der Waals surface area (Å²) in [6.45, 7) is 15.4. The lowest BCUT2D eigenvalue weighted by molar-refractivity contribution is -0.123. The van der Waals surface area contributed by atoms with Gasteiger partial charge in [0.15, 0.2) is 0 Å². The zero-order chi connectivity index (χ0) is 25.0. The minimum absolute atomic E-state index is 0.279. The highest BCUT2D eigenvalue weighted by Gasteiger charge is 2.25. The Morgan fingerprint density at radius 3 is 2.22 bits per heavy atom. The van der Waals surface area contributed by atoms with E-state index in [1.165, 1.54) is 0 Å². The molecule has 7 heteroatoms. The summed E-state index contributed by atoms with van der Waals surface area (Å²) in [5, 5.41) is 5.50. The third-order valence-corrected chi connectivity index (χ3v) is 3.79. The highest BCUT2D eigenvalue weighted by molar-refractivity contribution is 5.86. The third-order valence-electron chi connectivity index (χ3n) is 3.79. The van der Waals surface area contributed by atoms with Crippen molar-refractivity contribution in [3.63, 3.8) is 0 Å². The number of rotatable bonds is 9. The van der Waals surface area contributed by atoms with Crippen LogP contribution in [0.2, 0.25) is 0 Å². The average molecular weight is 449 g/mol. The summed E-state index contributed by atoms with van der Waals surface area (Å²) in [5.41, 5.74) is 5.70. The SMILES string of the molecule is C=CCC.CC.CN=C(N)CCCCNC(=O)C(NC(=O)OC(C)(C)C)c1ccccc1. The van der Waals surface area contributed by atoms with Crippen LogP contribution in [0.5, 0.6) is 0 Å². The van der Waals surface area contributed by atoms with E-state index >= 15 is 0 Å². The monoisotopic (exact) mass is 448 g/mol. The fourth-order valence-electron chi connectivity index (χ4n) is 2.23. The second-order valence-corrected chi connectivity index (χ2v) is 7.65. The Hall–Kier alpha value is -2.83. The van der Waals surface area contributed by atoms with Crippen LogP contribution in [-0.4, -0.2) is 37.0 Å². The van der Waals surface area contributed by atoms with Crippen LogP contribution in [0, 0.1) is 0 Å². The zero-order valence-electron chi connectivity index (χ0n) is 21.0. The molecule has 0 saturated heterocycles. The van der Waals surface area contributed by atoms with E-state index in [9.17, 15) is 9.59 Å². The summed E-state index contributed by atoms with van der Waals surface area (Å²) in [6, 6.07) is 8.26. The van der Waals surface area contributed by atoms with E-state index in [-0.39, 0.29) is 5.91 Å². The van der Waals surface area contributed by atoms with Gasteiger partial charge in [-0.2, -0.15) is 0 Å². The van der Waals surface area contributed by atoms with Crippen molar-refractivity contribution in [2.45, 2.75) is 78.9 Å². The molecular weight excluding hydrogens is 404 g/mol. The number of allylic oxidation sites excluding steroid dienone is 1. The minimum atomic E-state index is -0.812. The summed E-state index contributed by atoms with van der Waals surface area (Å²) in [5.74, 6) is 0.323. The molecule has 0 heterocycles. The maximum atomic E-state index is 12.6. The molecule has 0 aliphatic carbocycles. The smallest absolute Gasteiger partial charge is 0.408 e. The summed E-state index contributed by atoms with van der Waals surface area (Å²) in [7, 11) is 1.66. The molecule has 4 N–H and O–H groups in total. The van der Waals surface area contributed by atoms with Crippen molar-refractivity contribution in [3.8, 4) is 0 Å². The van der Waals surface area contributed by atoms with Gasteiger partial charge in [0.1, 0.15) is 11.6 Å². The molecule has 0 aliphatic rings. The maximum absolute atomic E-state index is 12.6. The van der Waals surface area contributed by atoms with E-state index < -0.39 is 17.7 Å². The second-order valence-electron chi connectivity index (χ2n) is 7.65. The number of nitrogens with zero attached hydrogens (tertiary/aromatic N) is 1. The number of carbonyl (C=O) groups is 2. The zero-order valence-corrected chi connectivity index (χ0v) is 21.0. The Bertz CT molecular complexity index is 668. The number of nitrogens with one attached hydrogen (secondary N) is 2. The predicted octanol–water partition coefficient (Wildman–Crippen LogP) is 5.13. The topological polar surface area (TPSA) is 106 Å². The summed E-state index contributed by atoms with van der Waals surface area (Å²) in [4.78, 5) is 28.6. The molecule has 1 aromatic carbocycles. The number of alkyl carbamates (subject to hydrolysis) is 1. The molecule has 1 aromatic rings. The predicted molar refractivity (Wildman–Crippen MR) is 135 cm³/mol. The number of amidine groups is 1. The number of unbranched alkanes of at least 4 members (excludes halogenated alkanes) is 1. The van der Waals surface area contributed by atoms with Gasteiger partial charge >= 0.3 is 6.09 Å². The van der Waals surface area contributed by atoms with Crippen molar-refractivity contribution in [1.29, 1.82) is 0 Å². The second kappa shape index (κ2) is 18.9. The van der Waals surface area contributed by atoms with Gasteiger partial charge in [0.2, 0.25) is 5.91 Å². The summed E-state index contributed by atoms with van der Waals surface area (Å²) in [6.07, 6.45) is 4.63. The van der Waals surface area contributed by atoms with Gasteiger partial charge in [0, 0.05) is 20.0 Å². The van der Waals surface area contributed by atoms with E-state index in [0.29, 0.717) is 24.4 Å². The van der Waals surface area contributed by atoms with Crippen LogP contribution in [0.1, 0.15) is 78.8 Å². The van der Waals surface area contributed by atoms with Crippen LogP contribution in [0.4, 0.5) is 4.79 Å². The van der Waals surface area contributed by atoms with Gasteiger partial charge in [-0.05, 0) is 45.6 Å². The van der Waals surface area contributed by atoms with Crippen LogP contribution in [-0.2, 0) is 9.53 Å². The molecular formula is C25H44N4O3. The maximum Gasteiger partial charge on any atom is 0.408 e. The Labute approximate surface area is 194 Å². The highest BCUT2D eigenvalue weighted by Crippen LogP contribution is 2.15. The number of hydrogen-bond acceptors (Lipinski definition) is 4. The molecule has 1 rings (SSSR count). The van der Waals surface area contributed by atoms with Crippen molar-refractivity contribution in [2.75, 3.05) is 13.6 Å². The quantitative estimate of drug-likeness (QED) is 0.211. The lowest BCUT2D eigenvalue weighted by Crippen LogP contribution is -2.42. The van der Waals surface area contributed by atoms with E-state index in [0.717, 1.165) is 19.3 Å². The van der Waals surface area contributed by atoms with Gasteiger partial charge in [-0.15, -0.1) is 6.58 Å². The molecule has 7 nitrogen and oxygen atoms in total. The number of aliphatic imine (C=N–C) groups is 1. The van der Waals surface area contributed by atoms with Gasteiger partial charge in [-0.25, -0.2) is 4.79 Å². The Balaban J connectivity index is 0. The number of benzene rings is 1. The molecule has 0 spiro atoms. The van der Waals surface area contributed by atoms with Gasteiger partial charge in [0.25, 0.3) is 0 Å². The fourth-order valence-corrected chi connectivity index (χ4v) is 2.23. The van der Waals surface area contributed by atoms with Gasteiger partial charge in [-0.1, -0.05) is 57.2 Å². The molecule has 1 atom stereocenters. The third kappa shape index (κ3) is 16.9. The van der Waals surface area contributed by atoms with Gasteiger partial charge < -0.3 is 21.1 Å². The molecule has 0 aliphatic heterocycles. The number of amides is 2. The lowest BCUT2D eigenvalue weighted by Gasteiger charge is -2.23. The van der Waals surface area contributed by atoms with E-state index in [4.69, 9.17) is 10.5 Å². The van der Waals surface area contributed by atoms with Crippen molar-refractivity contribution in [3.05, 3.63) is 48.6 Å². The van der Waals surface area contributed by atoms with Crippen LogP contribution in [0.25, 0.3) is 0 Å². The first-order valence-electron chi connectivity index (χ1n) is 11.3. The van der Waals surface area contributed by atoms with E-state index in [1.54, 1.807) is 40.0 Å². The number of carbonyl (C=O) groups excluding carboxylic acids is 2. The van der Waals surface area contributed by atoms with Gasteiger partial charge in [0.05, 0.1) is 5.84 Å². The molecule has 2 amide bonds. The van der Waals surface area contributed by atoms with Crippen molar-refractivity contribution >= 4 is 17.8 Å². The van der Waals surface area contributed by atoms with Crippen molar-refractivity contribution < 1.29 is 14.3 Å². The Morgan fingerprint density at radius 2 is 1.75 bits per heavy atom. The first-order chi connectivity index (χ1) is 15.1. The standard InChI is InChI=1S/C19H30N4O3.C4H8.C2H6/c1-19(2,3)26-18(25)23-16(14-10-6-5-7-11-14)17(24)22-13-9-8-12-15(20)21-4;1-3-4-2;1-2/h5-7,10-11,16H,8-9,12-13H2,1-4H3,(H2,20,21)(H,22,24)(H,23,25);3H,1,4H2,2H3;1-2H3. The first kappa shape index (κ1) is 31.4. The normalized spacial score (nSPS) is 11.5. The first-order valence-corrected chi connectivity index (χ1v) is 11.3. The van der Waals surface area contributed by atoms with E-state index in [2.05, 4.69) is 29.1 Å². The molecule has 182 valence electrons. The fraction of sp³-hybridized carbons (Fsp3) is 0.560. The molecule has 0 aromatic heterocycles. The van der Waals surface area contributed by atoms with Crippen molar-refractivity contribution in [2.24, 2.45) is 10.7 Å². The minimum Gasteiger partial charge on any atom is -0.444 e. The van der Waals surface area contributed by atoms with E-state index in [1.807, 2.05) is 38.1 Å². The molecule has 1 unspecified atom stereocenters. The van der Waals surface area contributed by atoms with Crippen molar-refractivity contribution in [1.82, 2.24) is 10.6 Å². The largest absolute Gasteiger partial charge is 0.444 e. The molecule has 32 heavy (non-hydrogen) atoms. The Kier molecular flexibility index (Phi) is 18.5. The van der Waals surface area contributed by atoms with Gasteiger partial charge in [-0.3, -0.25) is 9.79 Å². The highest BCUT2D eigenvalue weighted by atomic mass is 16.6. The lowest BCUT2D eigenvalue weighted by atomic mass is 10.1. The summed E-state index contributed by atoms with van der Waals surface area (Å²) >= 11 is 0. The van der Waals surface area contributed by atoms with Crippen LogP contribution < -0.4 is 16.4 Å². The van der Waals surface area contributed by atoms with Crippen LogP contribution in [0.15, 0.2) is 48.0 Å². The average Bonchev–Trinajstić information content (AvgIpc) is 2.77. The van der Waals surface area contributed by atoms with Crippen LogP contribution in [0.3, 0.4) is 0 Å². The summed E-state index contributed by atoms with van der Waals surface area (Å²) < 4.78 is 5.26. The molecule has 0 saturated carbocycles. The Morgan fingerprint density at radius 1 is 1.19 bits per heavy atom. The molecule has 0 radical (unpaired) electrons. The number of hydrogen-bond donors (Lipinski definition) is 3.